The lowest BCUT2D eigenvalue weighted by molar-refractivity contribution is 0.102. The van der Waals surface area contributed by atoms with Crippen LogP contribution in [0.4, 0.5) is 5.69 Å². The molecule has 0 aliphatic heterocycles. The van der Waals surface area contributed by atoms with Crippen molar-refractivity contribution in [2.75, 3.05) is 5.32 Å². The van der Waals surface area contributed by atoms with Crippen LogP contribution in [0.5, 0.6) is 0 Å². The van der Waals surface area contributed by atoms with Gasteiger partial charge in [0.1, 0.15) is 10.8 Å². The standard InChI is InChI=1S/C11H9ClN4O/c1-7-2-3-8(4-13-7)16-11(17)9-5-15-10(12)6-14-9/h2-6H,1H3,(H,16,17). The van der Waals surface area contributed by atoms with Crippen LogP contribution in [0.2, 0.25) is 5.15 Å². The van der Waals surface area contributed by atoms with Crippen molar-refractivity contribution >= 4 is 23.2 Å². The molecule has 0 spiro atoms. The fraction of sp³-hybridized carbons (Fsp3) is 0.0909. The summed E-state index contributed by atoms with van der Waals surface area (Å²) in [5, 5.41) is 2.91. The SMILES string of the molecule is Cc1ccc(NC(=O)c2cnc(Cl)cn2)cn1. The third-order valence-corrected chi connectivity index (χ3v) is 2.22. The lowest BCUT2D eigenvalue weighted by atomic mass is 10.3. The van der Waals surface area contributed by atoms with Gasteiger partial charge in [-0.05, 0) is 19.1 Å². The monoisotopic (exact) mass is 248 g/mol. The number of anilines is 1. The Balaban J connectivity index is 2.11. The van der Waals surface area contributed by atoms with Crippen molar-refractivity contribution in [3.63, 3.8) is 0 Å². The fourth-order valence-electron chi connectivity index (χ4n) is 1.17. The molecule has 0 aliphatic rings. The molecular weight excluding hydrogens is 240 g/mol. The molecule has 2 heterocycles. The van der Waals surface area contributed by atoms with Crippen molar-refractivity contribution in [2.45, 2.75) is 6.92 Å². The minimum Gasteiger partial charge on any atom is -0.319 e. The molecule has 2 rings (SSSR count). The van der Waals surface area contributed by atoms with Crippen LogP contribution in [-0.2, 0) is 0 Å². The molecule has 2 aromatic heterocycles. The molecule has 0 saturated heterocycles. The van der Waals surface area contributed by atoms with E-state index in [1.54, 1.807) is 12.3 Å². The van der Waals surface area contributed by atoms with Gasteiger partial charge in [0.25, 0.3) is 5.91 Å². The van der Waals surface area contributed by atoms with Crippen molar-refractivity contribution in [1.82, 2.24) is 15.0 Å². The summed E-state index contributed by atoms with van der Waals surface area (Å²) in [4.78, 5) is 23.4. The molecule has 1 amide bonds. The second kappa shape index (κ2) is 4.88. The first-order valence-corrected chi connectivity index (χ1v) is 5.24. The fourth-order valence-corrected chi connectivity index (χ4v) is 1.26. The van der Waals surface area contributed by atoms with Crippen LogP contribution in [0, 0.1) is 6.92 Å². The minimum atomic E-state index is -0.347. The Labute approximate surface area is 103 Å². The number of halogens is 1. The van der Waals surface area contributed by atoms with Crippen molar-refractivity contribution in [3.05, 3.63) is 47.3 Å². The van der Waals surface area contributed by atoms with Crippen molar-refractivity contribution < 1.29 is 4.79 Å². The molecule has 0 aromatic carbocycles. The van der Waals surface area contributed by atoms with Crippen LogP contribution >= 0.6 is 11.6 Å². The second-order valence-corrected chi connectivity index (χ2v) is 3.75. The predicted octanol–water partition coefficient (Wildman–Crippen LogP) is 2.09. The van der Waals surface area contributed by atoms with Gasteiger partial charge in [-0.3, -0.25) is 9.78 Å². The molecule has 0 bridgehead atoms. The van der Waals surface area contributed by atoms with Crippen LogP contribution in [0.3, 0.4) is 0 Å². The molecule has 0 radical (unpaired) electrons. The van der Waals surface area contributed by atoms with E-state index in [0.717, 1.165) is 5.69 Å². The number of hydrogen-bond acceptors (Lipinski definition) is 4. The van der Waals surface area contributed by atoms with Gasteiger partial charge in [0.05, 0.1) is 24.3 Å². The maximum Gasteiger partial charge on any atom is 0.275 e. The zero-order chi connectivity index (χ0) is 12.3. The third kappa shape index (κ3) is 2.98. The zero-order valence-corrected chi connectivity index (χ0v) is 9.77. The van der Waals surface area contributed by atoms with Crippen molar-refractivity contribution in [3.8, 4) is 0 Å². The molecule has 17 heavy (non-hydrogen) atoms. The summed E-state index contributed by atoms with van der Waals surface area (Å²) in [6, 6.07) is 3.58. The summed E-state index contributed by atoms with van der Waals surface area (Å²) >= 11 is 5.58. The third-order valence-electron chi connectivity index (χ3n) is 2.02. The van der Waals surface area contributed by atoms with E-state index in [1.807, 2.05) is 13.0 Å². The molecule has 0 unspecified atom stereocenters. The predicted molar refractivity (Wildman–Crippen MR) is 64.0 cm³/mol. The van der Waals surface area contributed by atoms with Crippen LogP contribution in [0.1, 0.15) is 16.2 Å². The van der Waals surface area contributed by atoms with E-state index in [2.05, 4.69) is 20.3 Å². The number of aromatic nitrogens is 3. The molecule has 0 aliphatic carbocycles. The van der Waals surface area contributed by atoms with Gasteiger partial charge in [-0.25, -0.2) is 9.97 Å². The molecule has 0 saturated carbocycles. The number of amides is 1. The second-order valence-electron chi connectivity index (χ2n) is 3.37. The Morgan fingerprint density at radius 3 is 2.59 bits per heavy atom. The average molecular weight is 249 g/mol. The number of aryl methyl sites for hydroxylation is 1. The Bertz CT molecular complexity index is 524. The van der Waals surface area contributed by atoms with Gasteiger partial charge in [-0.1, -0.05) is 11.6 Å². The van der Waals surface area contributed by atoms with Crippen LogP contribution in [0.25, 0.3) is 0 Å². The number of hydrogen-bond donors (Lipinski definition) is 1. The number of carbonyl (C=O) groups excluding carboxylic acids is 1. The summed E-state index contributed by atoms with van der Waals surface area (Å²) in [6.07, 6.45) is 4.22. The first-order chi connectivity index (χ1) is 8.15. The number of pyridine rings is 1. The highest BCUT2D eigenvalue weighted by Crippen LogP contribution is 2.08. The Kier molecular flexibility index (Phi) is 3.30. The molecule has 0 fully saturated rings. The highest BCUT2D eigenvalue weighted by Gasteiger charge is 2.07. The van der Waals surface area contributed by atoms with Gasteiger partial charge in [-0.2, -0.15) is 0 Å². The van der Waals surface area contributed by atoms with Gasteiger partial charge in [0, 0.05) is 5.69 Å². The smallest absolute Gasteiger partial charge is 0.275 e. The Morgan fingerprint density at radius 2 is 2.00 bits per heavy atom. The van der Waals surface area contributed by atoms with Crippen molar-refractivity contribution in [2.24, 2.45) is 0 Å². The Hall–Kier alpha value is -2.01. The van der Waals surface area contributed by atoms with Crippen LogP contribution < -0.4 is 5.32 Å². The van der Waals surface area contributed by atoms with Gasteiger partial charge < -0.3 is 5.32 Å². The maximum absolute atomic E-state index is 11.7. The molecule has 1 N–H and O–H groups in total. The Morgan fingerprint density at radius 1 is 1.18 bits per heavy atom. The number of rotatable bonds is 2. The quantitative estimate of drug-likeness (QED) is 0.884. The van der Waals surface area contributed by atoms with E-state index in [-0.39, 0.29) is 16.8 Å². The van der Waals surface area contributed by atoms with Crippen LogP contribution in [-0.4, -0.2) is 20.9 Å². The summed E-state index contributed by atoms with van der Waals surface area (Å²) in [6.45, 7) is 1.87. The molecule has 5 nitrogen and oxygen atoms in total. The average Bonchev–Trinajstić information content (AvgIpc) is 2.33. The molecule has 2 aromatic rings. The lowest BCUT2D eigenvalue weighted by Crippen LogP contribution is -2.14. The molecule has 0 atom stereocenters. The van der Waals surface area contributed by atoms with Crippen molar-refractivity contribution in [1.29, 1.82) is 0 Å². The van der Waals surface area contributed by atoms with E-state index >= 15 is 0 Å². The topological polar surface area (TPSA) is 67.8 Å². The molecular formula is C11H9ClN4O. The minimum absolute atomic E-state index is 0.204. The summed E-state index contributed by atoms with van der Waals surface area (Å²) in [7, 11) is 0. The first-order valence-electron chi connectivity index (χ1n) is 4.87. The van der Waals surface area contributed by atoms with E-state index in [9.17, 15) is 4.79 Å². The normalized spacial score (nSPS) is 10.0. The lowest BCUT2D eigenvalue weighted by Gasteiger charge is -2.03. The summed E-state index contributed by atoms with van der Waals surface area (Å²) in [5.41, 5.74) is 1.70. The molecule has 86 valence electrons. The molecule has 6 heteroatoms. The van der Waals surface area contributed by atoms with Gasteiger partial charge in [-0.15, -0.1) is 0 Å². The number of nitrogens with one attached hydrogen (secondary N) is 1. The van der Waals surface area contributed by atoms with E-state index in [1.165, 1.54) is 12.4 Å². The number of nitrogens with zero attached hydrogens (tertiary/aromatic N) is 3. The summed E-state index contributed by atoms with van der Waals surface area (Å²) in [5.74, 6) is -0.347. The highest BCUT2D eigenvalue weighted by molar-refractivity contribution is 6.29. The number of carbonyl (C=O) groups is 1. The van der Waals surface area contributed by atoms with Gasteiger partial charge in [0.15, 0.2) is 0 Å². The first kappa shape index (κ1) is 11.5. The van der Waals surface area contributed by atoms with E-state index in [0.29, 0.717) is 5.69 Å². The van der Waals surface area contributed by atoms with E-state index in [4.69, 9.17) is 11.6 Å². The van der Waals surface area contributed by atoms with Gasteiger partial charge in [0.2, 0.25) is 0 Å². The van der Waals surface area contributed by atoms with E-state index < -0.39 is 0 Å². The highest BCUT2D eigenvalue weighted by atomic mass is 35.5. The van der Waals surface area contributed by atoms with Gasteiger partial charge >= 0.3 is 0 Å². The van der Waals surface area contributed by atoms with Crippen LogP contribution in [0.15, 0.2) is 30.7 Å². The summed E-state index contributed by atoms with van der Waals surface area (Å²) < 4.78 is 0. The zero-order valence-electron chi connectivity index (χ0n) is 9.01. The maximum atomic E-state index is 11.7. The largest absolute Gasteiger partial charge is 0.319 e.